The largest absolute Gasteiger partial charge is 0.418 e. The van der Waals surface area contributed by atoms with Gasteiger partial charge >= 0.3 is 12.2 Å². The van der Waals surface area contributed by atoms with E-state index >= 15 is 0 Å². The normalized spacial score (nSPS) is 16.9. The second-order valence-electron chi connectivity index (χ2n) is 5.06. The maximum atomic E-state index is 12.8. The molecule has 0 radical (unpaired) electrons. The standard InChI is InChI=1S/C14H16F4N2O/c15-9-10-5-7-20(8-6-10)13(21)19-12-4-2-1-3-11(12)14(16,17)18/h1-4,10H,5-9H2,(H,19,21). The van der Waals surface area contributed by atoms with Crippen molar-refractivity contribution in [2.45, 2.75) is 19.0 Å². The van der Waals surface area contributed by atoms with E-state index in [1.54, 1.807) is 0 Å². The third-order valence-corrected chi connectivity index (χ3v) is 3.59. The molecule has 7 heteroatoms. The zero-order valence-electron chi connectivity index (χ0n) is 11.3. The first-order valence-electron chi connectivity index (χ1n) is 6.70. The number of hydrogen-bond acceptors (Lipinski definition) is 1. The number of benzene rings is 1. The predicted molar refractivity (Wildman–Crippen MR) is 70.7 cm³/mol. The van der Waals surface area contributed by atoms with E-state index in [2.05, 4.69) is 5.32 Å². The lowest BCUT2D eigenvalue weighted by Gasteiger charge is -2.31. The third-order valence-electron chi connectivity index (χ3n) is 3.59. The van der Waals surface area contributed by atoms with E-state index < -0.39 is 24.4 Å². The van der Waals surface area contributed by atoms with Crippen LogP contribution in [0, 0.1) is 5.92 Å². The SMILES string of the molecule is O=C(Nc1ccccc1C(F)(F)F)N1CCC(CF)CC1. The van der Waals surface area contributed by atoms with Gasteiger partial charge in [-0.25, -0.2) is 4.79 Å². The Hall–Kier alpha value is -1.79. The number of halogens is 4. The van der Waals surface area contributed by atoms with Crippen LogP contribution in [0.15, 0.2) is 24.3 Å². The molecule has 1 aliphatic rings. The summed E-state index contributed by atoms with van der Waals surface area (Å²) in [4.78, 5) is 13.4. The lowest BCUT2D eigenvalue weighted by Crippen LogP contribution is -2.41. The number of rotatable bonds is 2. The van der Waals surface area contributed by atoms with E-state index in [1.165, 1.54) is 23.1 Å². The summed E-state index contributed by atoms with van der Waals surface area (Å²) >= 11 is 0. The van der Waals surface area contributed by atoms with Crippen LogP contribution in [0.5, 0.6) is 0 Å². The summed E-state index contributed by atoms with van der Waals surface area (Å²) in [6, 6.07) is 4.26. The number of amides is 2. The lowest BCUT2D eigenvalue weighted by molar-refractivity contribution is -0.136. The number of para-hydroxylation sites is 1. The highest BCUT2D eigenvalue weighted by atomic mass is 19.4. The topological polar surface area (TPSA) is 32.3 Å². The molecule has 0 aromatic heterocycles. The van der Waals surface area contributed by atoms with Crippen LogP contribution in [0.1, 0.15) is 18.4 Å². The smallest absolute Gasteiger partial charge is 0.325 e. The third kappa shape index (κ3) is 3.86. The Morgan fingerprint density at radius 3 is 2.43 bits per heavy atom. The van der Waals surface area contributed by atoms with Crippen LogP contribution in [0.3, 0.4) is 0 Å². The van der Waals surface area contributed by atoms with Crippen LogP contribution < -0.4 is 5.32 Å². The van der Waals surface area contributed by atoms with Gasteiger partial charge in [-0.15, -0.1) is 0 Å². The van der Waals surface area contributed by atoms with Gasteiger partial charge in [-0.3, -0.25) is 4.39 Å². The van der Waals surface area contributed by atoms with Crippen LogP contribution in [0.25, 0.3) is 0 Å². The highest BCUT2D eigenvalue weighted by molar-refractivity contribution is 5.90. The minimum absolute atomic E-state index is 0.0588. The molecule has 116 valence electrons. The number of alkyl halides is 4. The number of carbonyl (C=O) groups is 1. The van der Waals surface area contributed by atoms with E-state index in [9.17, 15) is 22.4 Å². The summed E-state index contributed by atoms with van der Waals surface area (Å²) in [6.07, 6.45) is -3.46. The van der Waals surface area contributed by atoms with E-state index in [0.717, 1.165) is 6.07 Å². The van der Waals surface area contributed by atoms with Crippen molar-refractivity contribution >= 4 is 11.7 Å². The quantitative estimate of drug-likeness (QED) is 0.825. The van der Waals surface area contributed by atoms with Gasteiger partial charge in [-0.1, -0.05) is 12.1 Å². The first-order valence-corrected chi connectivity index (χ1v) is 6.70. The predicted octanol–water partition coefficient (Wildman–Crippen LogP) is 3.92. The van der Waals surface area contributed by atoms with Crippen molar-refractivity contribution in [3.63, 3.8) is 0 Å². The molecule has 0 bridgehead atoms. The molecule has 0 spiro atoms. The van der Waals surface area contributed by atoms with Gasteiger partial charge in [0.1, 0.15) is 0 Å². The van der Waals surface area contributed by atoms with Gasteiger partial charge in [-0.05, 0) is 30.9 Å². The van der Waals surface area contributed by atoms with Crippen molar-refractivity contribution in [3.8, 4) is 0 Å². The fourth-order valence-electron chi connectivity index (χ4n) is 2.32. The van der Waals surface area contributed by atoms with Crippen LogP contribution >= 0.6 is 0 Å². The number of nitrogens with zero attached hydrogens (tertiary/aromatic N) is 1. The van der Waals surface area contributed by atoms with Gasteiger partial charge in [0.15, 0.2) is 0 Å². The zero-order chi connectivity index (χ0) is 15.5. The maximum Gasteiger partial charge on any atom is 0.418 e. The molecule has 1 saturated heterocycles. The van der Waals surface area contributed by atoms with Gasteiger partial charge in [-0.2, -0.15) is 13.2 Å². The van der Waals surface area contributed by atoms with Gasteiger partial charge < -0.3 is 10.2 Å². The molecule has 1 aliphatic heterocycles. The summed E-state index contributed by atoms with van der Waals surface area (Å²) in [7, 11) is 0. The molecule has 1 aromatic carbocycles. The molecule has 3 nitrogen and oxygen atoms in total. The first kappa shape index (κ1) is 15.6. The molecular formula is C14H16F4N2O. The van der Waals surface area contributed by atoms with Gasteiger partial charge in [0.2, 0.25) is 0 Å². The number of piperidine rings is 1. The molecule has 1 fully saturated rings. The molecule has 1 N–H and O–H groups in total. The first-order chi connectivity index (χ1) is 9.91. The Kier molecular flexibility index (Phi) is 4.69. The summed E-state index contributed by atoms with van der Waals surface area (Å²) in [6.45, 7) is 0.287. The van der Waals surface area contributed by atoms with Crippen molar-refractivity contribution in [2.24, 2.45) is 5.92 Å². The average molecular weight is 304 g/mol. The number of hydrogen-bond donors (Lipinski definition) is 1. The molecule has 0 saturated carbocycles. The number of urea groups is 1. The highest BCUT2D eigenvalue weighted by Crippen LogP contribution is 2.34. The summed E-state index contributed by atoms with van der Waals surface area (Å²) in [5.74, 6) is -0.0588. The summed E-state index contributed by atoms with van der Waals surface area (Å²) in [5.41, 5.74) is -1.14. The van der Waals surface area contributed by atoms with E-state index in [0.29, 0.717) is 25.9 Å². The minimum atomic E-state index is -4.52. The van der Waals surface area contributed by atoms with Gasteiger partial charge in [0, 0.05) is 13.1 Å². The molecule has 21 heavy (non-hydrogen) atoms. The van der Waals surface area contributed by atoms with Crippen molar-refractivity contribution in [3.05, 3.63) is 29.8 Å². The van der Waals surface area contributed by atoms with Crippen LogP contribution in [-0.2, 0) is 6.18 Å². The van der Waals surface area contributed by atoms with Crippen LogP contribution in [0.4, 0.5) is 28.0 Å². The molecule has 2 amide bonds. The lowest BCUT2D eigenvalue weighted by atomic mass is 9.99. The Bertz CT molecular complexity index is 496. The Morgan fingerprint density at radius 1 is 1.24 bits per heavy atom. The molecular weight excluding hydrogens is 288 g/mol. The number of nitrogens with one attached hydrogen (secondary N) is 1. The molecule has 0 unspecified atom stereocenters. The molecule has 1 aromatic rings. The molecule has 1 heterocycles. The summed E-state index contributed by atoms with van der Waals surface area (Å²) < 4.78 is 51.0. The monoisotopic (exact) mass is 304 g/mol. The van der Waals surface area contributed by atoms with E-state index in [4.69, 9.17) is 0 Å². The van der Waals surface area contributed by atoms with Crippen molar-refractivity contribution in [1.82, 2.24) is 4.90 Å². The second kappa shape index (κ2) is 6.32. The second-order valence-corrected chi connectivity index (χ2v) is 5.06. The molecule has 0 atom stereocenters. The molecule has 2 rings (SSSR count). The van der Waals surface area contributed by atoms with Crippen molar-refractivity contribution in [1.29, 1.82) is 0 Å². The maximum absolute atomic E-state index is 12.8. The fourth-order valence-corrected chi connectivity index (χ4v) is 2.32. The van der Waals surface area contributed by atoms with Crippen LogP contribution in [-0.4, -0.2) is 30.7 Å². The van der Waals surface area contributed by atoms with E-state index in [1.807, 2.05) is 0 Å². The van der Waals surface area contributed by atoms with Crippen molar-refractivity contribution < 1.29 is 22.4 Å². The number of carbonyl (C=O) groups excluding carboxylic acids is 1. The minimum Gasteiger partial charge on any atom is -0.325 e. The average Bonchev–Trinajstić information content (AvgIpc) is 2.47. The highest BCUT2D eigenvalue weighted by Gasteiger charge is 2.34. The van der Waals surface area contributed by atoms with Crippen LogP contribution in [0.2, 0.25) is 0 Å². The fraction of sp³-hybridized carbons (Fsp3) is 0.500. The summed E-state index contributed by atoms with van der Waals surface area (Å²) in [5, 5.41) is 2.29. The number of likely N-dealkylation sites (tertiary alicyclic amines) is 1. The van der Waals surface area contributed by atoms with Crippen molar-refractivity contribution in [2.75, 3.05) is 25.1 Å². The number of anilines is 1. The van der Waals surface area contributed by atoms with Gasteiger partial charge in [0.05, 0.1) is 17.9 Å². The molecule has 0 aliphatic carbocycles. The zero-order valence-corrected chi connectivity index (χ0v) is 11.3. The van der Waals surface area contributed by atoms with Gasteiger partial charge in [0.25, 0.3) is 0 Å². The van der Waals surface area contributed by atoms with E-state index in [-0.39, 0.29) is 11.6 Å². The Balaban J connectivity index is 2.04. The Labute approximate surface area is 119 Å². The Morgan fingerprint density at radius 2 is 1.86 bits per heavy atom.